The van der Waals surface area contributed by atoms with E-state index in [1.54, 1.807) is 12.1 Å². The van der Waals surface area contributed by atoms with Crippen LogP contribution < -0.4 is 0 Å². The van der Waals surface area contributed by atoms with Crippen molar-refractivity contribution in [1.29, 1.82) is 0 Å². The number of carbonyl (C=O) groups excluding carboxylic acids is 1. The highest BCUT2D eigenvalue weighted by Crippen LogP contribution is 2.45. The molecule has 4 nitrogen and oxygen atoms in total. The Kier molecular flexibility index (Phi) is 5.73. The molecule has 1 unspecified atom stereocenters. The van der Waals surface area contributed by atoms with E-state index < -0.39 is 0 Å². The Hall–Kier alpha value is -3.44. The molecule has 0 bridgehead atoms. The number of halogens is 1. The van der Waals surface area contributed by atoms with E-state index in [9.17, 15) is 9.18 Å². The van der Waals surface area contributed by atoms with Crippen molar-refractivity contribution in [2.75, 3.05) is 13.2 Å². The van der Waals surface area contributed by atoms with Gasteiger partial charge in [-0.15, -0.1) is 0 Å². The molecule has 0 saturated heterocycles. The zero-order chi connectivity index (χ0) is 22.9. The monoisotopic (exact) mass is 442 g/mol. The summed E-state index contributed by atoms with van der Waals surface area (Å²) in [6, 6.07) is 22.2. The largest absolute Gasteiger partial charge is 0.379 e. The average Bonchev–Trinajstić information content (AvgIpc) is 3.32. The van der Waals surface area contributed by atoms with E-state index in [2.05, 4.69) is 11.1 Å². The molecule has 4 aromatic rings. The van der Waals surface area contributed by atoms with Crippen LogP contribution in [0.25, 0.3) is 22.2 Å². The molecule has 5 heteroatoms. The van der Waals surface area contributed by atoms with Crippen LogP contribution in [0.3, 0.4) is 0 Å². The Bertz CT molecular complexity index is 1290. The molecule has 2 heterocycles. The number of hydrogen-bond donors (Lipinski definition) is 1. The second kappa shape index (κ2) is 8.83. The first-order valence-electron chi connectivity index (χ1n) is 11.4. The second-order valence-electron chi connectivity index (χ2n) is 8.73. The van der Waals surface area contributed by atoms with Crippen LogP contribution in [0.2, 0.25) is 0 Å². The lowest BCUT2D eigenvalue weighted by Gasteiger charge is -2.27. The van der Waals surface area contributed by atoms with Crippen molar-refractivity contribution in [3.05, 3.63) is 95.3 Å². The second-order valence-corrected chi connectivity index (χ2v) is 8.73. The maximum absolute atomic E-state index is 13.7. The standard InChI is InChI=1S/C28H27FN2O2/c1-18(2)33-17-7-16-31-27(21-8-3-4-9-22(21)28(31)32)25-23-10-5-6-11-24(23)30-26(25)19-12-14-20(29)15-13-19/h3-6,8-15,18,27,30H,7,16-17H2,1-2H3. The Morgan fingerprint density at radius 2 is 1.73 bits per heavy atom. The molecule has 1 aliphatic heterocycles. The summed E-state index contributed by atoms with van der Waals surface area (Å²) in [7, 11) is 0. The van der Waals surface area contributed by atoms with Crippen molar-refractivity contribution in [3.63, 3.8) is 0 Å². The lowest BCUT2D eigenvalue weighted by atomic mass is 9.93. The molecule has 1 atom stereocenters. The van der Waals surface area contributed by atoms with Gasteiger partial charge in [-0.05, 0) is 67.8 Å². The van der Waals surface area contributed by atoms with Crippen molar-refractivity contribution in [2.24, 2.45) is 0 Å². The van der Waals surface area contributed by atoms with Gasteiger partial charge in [0.25, 0.3) is 5.91 Å². The topological polar surface area (TPSA) is 45.3 Å². The van der Waals surface area contributed by atoms with Crippen LogP contribution in [0.15, 0.2) is 72.8 Å². The van der Waals surface area contributed by atoms with E-state index in [1.165, 1.54) is 12.1 Å². The number of carbonyl (C=O) groups is 1. The zero-order valence-electron chi connectivity index (χ0n) is 18.8. The molecule has 1 amide bonds. The molecule has 5 rings (SSSR count). The minimum absolute atomic E-state index is 0.0375. The van der Waals surface area contributed by atoms with Crippen molar-refractivity contribution < 1.29 is 13.9 Å². The van der Waals surface area contributed by atoms with Crippen molar-refractivity contribution in [1.82, 2.24) is 9.88 Å². The van der Waals surface area contributed by atoms with E-state index in [0.717, 1.165) is 45.3 Å². The SMILES string of the molecule is CC(C)OCCCN1C(=O)c2ccccc2C1c1c(-c2ccc(F)cc2)[nH]c2ccccc12. The van der Waals surface area contributed by atoms with Gasteiger partial charge < -0.3 is 14.6 Å². The summed E-state index contributed by atoms with van der Waals surface area (Å²) in [4.78, 5) is 19.0. The fourth-order valence-corrected chi connectivity index (χ4v) is 4.76. The summed E-state index contributed by atoms with van der Waals surface area (Å²) in [6.07, 6.45) is 0.911. The number of nitrogens with one attached hydrogen (secondary N) is 1. The molecule has 0 saturated carbocycles. The highest BCUT2D eigenvalue weighted by atomic mass is 19.1. The molecule has 0 fully saturated rings. The summed E-state index contributed by atoms with van der Waals surface area (Å²) in [5.41, 5.74) is 5.58. The number of amides is 1. The Morgan fingerprint density at radius 3 is 2.52 bits per heavy atom. The highest BCUT2D eigenvalue weighted by molar-refractivity contribution is 6.02. The summed E-state index contributed by atoms with van der Waals surface area (Å²) in [5, 5.41) is 1.06. The van der Waals surface area contributed by atoms with Gasteiger partial charge in [0.2, 0.25) is 0 Å². The van der Waals surface area contributed by atoms with Crippen LogP contribution in [-0.4, -0.2) is 35.0 Å². The van der Waals surface area contributed by atoms with E-state index >= 15 is 0 Å². The molecule has 0 radical (unpaired) electrons. The third-order valence-electron chi connectivity index (χ3n) is 6.21. The number of aromatic amines is 1. The lowest BCUT2D eigenvalue weighted by molar-refractivity contribution is 0.0605. The van der Waals surface area contributed by atoms with Gasteiger partial charge >= 0.3 is 0 Å². The van der Waals surface area contributed by atoms with Gasteiger partial charge in [0.05, 0.1) is 17.8 Å². The first-order valence-corrected chi connectivity index (χ1v) is 11.4. The number of para-hydroxylation sites is 1. The van der Waals surface area contributed by atoms with Crippen molar-refractivity contribution in [2.45, 2.75) is 32.4 Å². The summed E-state index contributed by atoms with van der Waals surface area (Å²) >= 11 is 0. The first-order chi connectivity index (χ1) is 16.0. The molecule has 33 heavy (non-hydrogen) atoms. The number of aromatic nitrogens is 1. The number of benzene rings is 3. The minimum Gasteiger partial charge on any atom is -0.379 e. The lowest BCUT2D eigenvalue weighted by Crippen LogP contribution is -2.30. The maximum Gasteiger partial charge on any atom is 0.255 e. The molecular weight excluding hydrogens is 415 g/mol. The third-order valence-corrected chi connectivity index (χ3v) is 6.21. The number of rotatable bonds is 7. The Labute approximate surface area is 193 Å². The highest BCUT2D eigenvalue weighted by Gasteiger charge is 2.39. The van der Waals surface area contributed by atoms with Crippen LogP contribution in [0.5, 0.6) is 0 Å². The summed E-state index contributed by atoms with van der Waals surface area (Å²) in [5.74, 6) is -0.236. The fraction of sp³-hybridized carbons (Fsp3) is 0.250. The van der Waals surface area contributed by atoms with Crippen LogP contribution in [0.4, 0.5) is 4.39 Å². The molecule has 3 aromatic carbocycles. The average molecular weight is 443 g/mol. The number of fused-ring (bicyclic) bond motifs is 2. The molecule has 1 aromatic heterocycles. The number of ether oxygens (including phenoxy) is 1. The van der Waals surface area contributed by atoms with Gasteiger partial charge in [-0.1, -0.05) is 36.4 Å². The maximum atomic E-state index is 13.7. The third kappa shape index (κ3) is 3.93. The van der Waals surface area contributed by atoms with Crippen LogP contribution in [0.1, 0.15) is 47.8 Å². The smallest absolute Gasteiger partial charge is 0.255 e. The zero-order valence-corrected chi connectivity index (χ0v) is 18.8. The predicted octanol–water partition coefficient (Wildman–Crippen LogP) is 6.33. The van der Waals surface area contributed by atoms with Gasteiger partial charge in [0.15, 0.2) is 0 Å². The summed E-state index contributed by atoms with van der Waals surface area (Å²) < 4.78 is 19.4. The fourth-order valence-electron chi connectivity index (χ4n) is 4.76. The van der Waals surface area contributed by atoms with E-state index in [4.69, 9.17) is 4.74 Å². The van der Waals surface area contributed by atoms with Gasteiger partial charge in [-0.2, -0.15) is 0 Å². The number of hydrogen-bond acceptors (Lipinski definition) is 2. The van der Waals surface area contributed by atoms with Crippen LogP contribution >= 0.6 is 0 Å². The molecular formula is C28H27FN2O2. The van der Waals surface area contributed by atoms with Gasteiger partial charge in [0.1, 0.15) is 5.82 Å². The summed E-state index contributed by atoms with van der Waals surface area (Å²) in [6.45, 7) is 5.22. The van der Waals surface area contributed by atoms with Gasteiger partial charge in [-0.25, -0.2) is 4.39 Å². The van der Waals surface area contributed by atoms with Crippen molar-refractivity contribution >= 4 is 16.8 Å². The predicted molar refractivity (Wildman–Crippen MR) is 129 cm³/mol. The molecule has 0 spiro atoms. The molecule has 1 N–H and O–H groups in total. The van der Waals surface area contributed by atoms with Crippen LogP contribution in [0, 0.1) is 5.82 Å². The minimum atomic E-state index is -0.274. The number of H-pyrrole nitrogens is 1. The number of nitrogens with zero attached hydrogens (tertiary/aromatic N) is 1. The Balaban J connectivity index is 1.65. The van der Waals surface area contributed by atoms with E-state index in [-0.39, 0.29) is 23.9 Å². The Morgan fingerprint density at radius 1 is 1.00 bits per heavy atom. The van der Waals surface area contributed by atoms with E-state index in [0.29, 0.717) is 13.2 Å². The molecule has 1 aliphatic rings. The quantitative estimate of drug-likeness (QED) is 0.340. The van der Waals surface area contributed by atoms with Crippen molar-refractivity contribution in [3.8, 4) is 11.3 Å². The van der Waals surface area contributed by atoms with Gasteiger partial charge in [-0.3, -0.25) is 4.79 Å². The van der Waals surface area contributed by atoms with Crippen LogP contribution in [-0.2, 0) is 4.74 Å². The molecule has 168 valence electrons. The normalized spacial score (nSPS) is 15.6. The first kappa shape index (κ1) is 21.4. The molecule has 0 aliphatic carbocycles. The van der Waals surface area contributed by atoms with Gasteiger partial charge in [0, 0.05) is 35.2 Å². The van der Waals surface area contributed by atoms with E-state index in [1.807, 2.05) is 61.2 Å².